The van der Waals surface area contributed by atoms with Crippen LogP contribution in [0.2, 0.25) is 0 Å². The van der Waals surface area contributed by atoms with Gasteiger partial charge in [-0.1, -0.05) is 40.5 Å². The van der Waals surface area contributed by atoms with Crippen molar-refractivity contribution in [1.82, 2.24) is 4.90 Å². The van der Waals surface area contributed by atoms with E-state index in [0.717, 1.165) is 23.1 Å². The number of likely N-dealkylation sites (tertiary alicyclic amines) is 1. The predicted molar refractivity (Wildman–Crippen MR) is 68.8 cm³/mol. The molecule has 1 aliphatic heterocycles. The molecule has 0 unspecified atom stereocenters. The summed E-state index contributed by atoms with van der Waals surface area (Å²) in [4.78, 5) is 14.3. The molecule has 1 saturated heterocycles. The molecule has 2 rings (SSSR count). The first-order chi connectivity index (χ1) is 7.77. The van der Waals surface area contributed by atoms with Crippen LogP contribution in [0.15, 0.2) is 28.7 Å². The largest absolute Gasteiger partial charge is 0.296 e. The molecule has 0 spiro atoms. The number of halogens is 1. The number of hydrogen-bond acceptors (Lipinski definition) is 2. The molecule has 3 heteroatoms. The Balaban J connectivity index is 2.00. The zero-order valence-corrected chi connectivity index (χ0v) is 10.9. The van der Waals surface area contributed by atoms with Crippen LogP contribution in [0.1, 0.15) is 29.6 Å². The maximum atomic E-state index is 12.1. The molecule has 0 atom stereocenters. The van der Waals surface area contributed by atoms with Crippen molar-refractivity contribution < 1.29 is 4.79 Å². The summed E-state index contributed by atoms with van der Waals surface area (Å²) in [5.41, 5.74) is 0.799. The average molecular weight is 282 g/mol. The predicted octanol–water partition coefficient (Wildman–Crippen LogP) is 3.12. The van der Waals surface area contributed by atoms with E-state index >= 15 is 0 Å². The number of hydrogen-bond donors (Lipinski definition) is 0. The fraction of sp³-hybridized carbons (Fsp3) is 0.462. The fourth-order valence-electron chi connectivity index (χ4n) is 2.09. The van der Waals surface area contributed by atoms with E-state index in [1.807, 2.05) is 24.3 Å². The first-order valence-corrected chi connectivity index (χ1v) is 6.57. The molecule has 0 bridgehead atoms. The van der Waals surface area contributed by atoms with Gasteiger partial charge in [0.15, 0.2) is 5.78 Å². The number of benzene rings is 1. The molecule has 1 heterocycles. The normalized spacial score (nSPS) is 17.3. The third-order valence-electron chi connectivity index (χ3n) is 2.99. The van der Waals surface area contributed by atoms with Crippen molar-refractivity contribution in [3.05, 3.63) is 34.3 Å². The molecule has 86 valence electrons. The van der Waals surface area contributed by atoms with Crippen LogP contribution in [0.4, 0.5) is 0 Å². The highest BCUT2D eigenvalue weighted by Gasteiger charge is 2.16. The molecule has 1 aromatic rings. The Morgan fingerprint density at radius 3 is 2.56 bits per heavy atom. The van der Waals surface area contributed by atoms with Crippen molar-refractivity contribution in [2.75, 3.05) is 19.6 Å². The van der Waals surface area contributed by atoms with Crippen molar-refractivity contribution in [1.29, 1.82) is 0 Å². The highest BCUT2D eigenvalue weighted by Crippen LogP contribution is 2.17. The summed E-state index contributed by atoms with van der Waals surface area (Å²) in [5.74, 6) is 0.217. The molecule has 1 fully saturated rings. The Morgan fingerprint density at radius 2 is 1.88 bits per heavy atom. The van der Waals surface area contributed by atoms with Crippen LogP contribution in [-0.2, 0) is 0 Å². The van der Waals surface area contributed by atoms with E-state index in [0.29, 0.717) is 6.54 Å². The van der Waals surface area contributed by atoms with Gasteiger partial charge in [-0.3, -0.25) is 9.69 Å². The van der Waals surface area contributed by atoms with Gasteiger partial charge in [0.05, 0.1) is 6.54 Å². The van der Waals surface area contributed by atoms with E-state index in [4.69, 9.17) is 0 Å². The number of rotatable bonds is 3. The zero-order chi connectivity index (χ0) is 11.4. The Morgan fingerprint density at radius 1 is 1.19 bits per heavy atom. The minimum atomic E-state index is 0.217. The first-order valence-electron chi connectivity index (χ1n) is 5.77. The van der Waals surface area contributed by atoms with Gasteiger partial charge in [-0.2, -0.15) is 0 Å². The molecule has 0 N–H and O–H groups in total. The molecule has 0 radical (unpaired) electrons. The summed E-state index contributed by atoms with van der Waals surface area (Å²) in [6, 6.07) is 7.65. The molecule has 0 amide bonds. The summed E-state index contributed by atoms with van der Waals surface area (Å²) in [7, 11) is 0. The molecular weight excluding hydrogens is 266 g/mol. The molecule has 0 aliphatic carbocycles. The van der Waals surface area contributed by atoms with Gasteiger partial charge < -0.3 is 0 Å². The van der Waals surface area contributed by atoms with E-state index in [1.165, 1.54) is 19.3 Å². The lowest BCUT2D eigenvalue weighted by Crippen LogP contribution is -2.34. The summed E-state index contributed by atoms with van der Waals surface area (Å²) < 4.78 is 0.900. The minimum Gasteiger partial charge on any atom is -0.296 e. The number of Topliss-reactive ketones (excluding diaryl/α,β-unsaturated/α-hetero) is 1. The fourth-order valence-corrected chi connectivity index (χ4v) is 2.60. The van der Waals surface area contributed by atoms with Gasteiger partial charge in [0, 0.05) is 10.0 Å². The van der Waals surface area contributed by atoms with Gasteiger partial charge in [-0.15, -0.1) is 0 Å². The lowest BCUT2D eigenvalue weighted by molar-refractivity contribution is 0.0915. The lowest BCUT2D eigenvalue weighted by atomic mass is 10.1. The van der Waals surface area contributed by atoms with Gasteiger partial charge in [0.25, 0.3) is 0 Å². The zero-order valence-electron chi connectivity index (χ0n) is 9.29. The second-order valence-electron chi connectivity index (χ2n) is 4.24. The summed E-state index contributed by atoms with van der Waals surface area (Å²) in [6.07, 6.45) is 3.76. The van der Waals surface area contributed by atoms with E-state index in [2.05, 4.69) is 20.8 Å². The van der Waals surface area contributed by atoms with Crippen LogP contribution in [0.25, 0.3) is 0 Å². The van der Waals surface area contributed by atoms with E-state index in [1.54, 1.807) is 0 Å². The highest BCUT2D eigenvalue weighted by molar-refractivity contribution is 9.10. The third kappa shape index (κ3) is 2.92. The number of ketones is 1. The Kier molecular flexibility index (Phi) is 4.13. The number of piperidine rings is 1. The molecule has 1 aromatic carbocycles. The van der Waals surface area contributed by atoms with Gasteiger partial charge in [0.2, 0.25) is 0 Å². The molecule has 0 saturated carbocycles. The average Bonchev–Trinajstić information content (AvgIpc) is 2.31. The topological polar surface area (TPSA) is 20.3 Å². The maximum Gasteiger partial charge on any atom is 0.177 e. The SMILES string of the molecule is O=C(CN1CCCCC1)c1ccccc1Br. The summed E-state index contributed by atoms with van der Waals surface area (Å²) >= 11 is 3.42. The lowest BCUT2D eigenvalue weighted by Gasteiger charge is -2.25. The first kappa shape index (κ1) is 11.8. The van der Waals surface area contributed by atoms with Gasteiger partial charge in [-0.25, -0.2) is 0 Å². The van der Waals surface area contributed by atoms with Crippen LogP contribution in [0.3, 0.4) is 0 Å². The van der Waals surface area contributed by atoms with Crippen LogP contribution in [-0.4, -0.2) is 30.3 Å². The van der Waals surface area contributed by atoms with E-state index < -0.39 is 0 Å². The molecule has 2 nitrogen and oxygen atoms in total. The second kappa shape index (κ2) is 5.60. The quantitative estimate of drug-likeness (QED) is 0.794. The van der Waals surface area contributed by atoms with Gasteiger partial charge >= 0.3 is 0 Å². The Hall–Kier alpha value is -0.670. The highest BCUT2D eigenvalue weighted by atomic mass is 79.9. The Labute approximate surface area is 105 Å². The van der Waals surface area contributed by atoms with Crippen molar-refractivity contribution in [3.8, 4) is 0 Å². The molecular formula is C13H16BrNO. The monoisotopic (exact) mass is 281 g/mol. The van der Waals surface area contributed by atoms with Crippen LogP contribution in [0, 0.1) is 0 Å². The number of nitrogens with zero attached hydrogens (tertiary/aromatic N) is 1. The van der Waals surface area contributed by atoms with Gasteiger partial charge in [0.1, 0.15) is 0 Å². The van der Waals surface area contributed by atoms with Crippen molar-refractivity contribution in [3.63, 3.8) is 0 Å². The Bertz CT molecular complexity index is 372. The van der Waals surface area contributed by atoms with Crippen molar-refractivity contribution in [2.45, 2.75) is 19.3 Å². The molecule has 1 aliphatic rings. The van der Waals surface area contributed by atoms with Crippen molar-refractivity contribution >= 4 is 21.7 Å². The number of carbonyl (C=O) groups is 1. The maximum absolute atomic E-state index is 12.1. The number of carbonyl (C=O) groups excluding carboxylic acids is 1. The standard InChI is InChI=1S/C13H16BrNO/c14-12-7-3-2-6-11(12)13(16)10-15-8-4-1-5-9-15/h2-3,6-7H,1,4-5,8-10H2. The van der Waals surface area contributed by atoms with Crippen LogP contribution < -0.4 is 0 Å². The third-order valence-corrected chi connectivity index (χ3v) is 3.68. The molecule has 16 heavy (non-hydrogen) atoms. The summed E-state index contributed by atoms with van der Waals surface area (Å²) in [5, 5.41) is 0. The second-order valence-corrected chi connectivity index (χ2v) is 5.09. The van der Waals surface area contributed by atoms with Crippen LogP contribution >= 0.6 is 15.9 Å². The minimum absolute atomic E-state index is 0.217. The van der Waals surface area contributed by atoms with E-state index in [9.17, 15) is 4.79 Å². The van der Waals surface area contributed by atoms with Crippen LogP contribution in [0.5, 0.6) is 0 Å². The smallest absolute Gasteiger partial charge is 0.177 e. The van der Waals surface area contributed by atoms with Gasteiger partial charge in [-0.05, 0) is 32.0 Å². The summed E-state index contributed by atoms with van der Waals surface area (Å²) in [6.45, 7) is 2.69. The molecule has 0 aromatic heterocycles. The van der Waals surface area contributed by atoms with E-state index in [-0.39, 0.29) is 5.78 Å². The van der Waals surface area contributed by atoms with Crippen molar-refractivity contribution in [2.24, 2.45) is 0 Å².